The Bertz CT molecular complexity index is 1080. The molecular formula is C26H43N4NaO8S. The molecule has 0 aromatic heterocycles. The van der Waals surface area contributed by atoms with Gasteiger partial charge in [-0.25, -0.2) is 8.42 Å². The summed E-state index contributed by atoms with van der Waals surface area (Å²) in [7, 11) is -5.21. The Kier molecular flexibility index (Phi) is 11.7. The number of rotatable bonds is 12. The number of piperidine rings is 1. The Balaban J connectivity index is 0.00000560. The maximum Gasteiger partial charge on any atom is 1.00 e. The van der Waals surface area contributed by atoms with Crippen LogP contribution in [0.1, 0.15) is 67.2 Å². The molecule has 2 heterocycles. The molecule has 0 radical (unpaired) electrons. The summed E-state index contributed by atoms with van der Waals surface area (Å²) in [6, 6.07) is -3.34. The summed E-state index contributed by atoms with van der Waals surface area (Å²) in [5.41, 5.74) is -2.70. The molecule has 0 bridgehead atoms. The van der Waals surface area contributed by atoms with Crippen molar-refractivity contribution >= 4 is 33.7 Å². The number of fused-ring (bicyclic) bond motifs is 1. The molecule has 222 valence electrons. The Morgan fingerprint density at radius 2 is 1.77 bits per heavy atom. The molecule has 2 saturated heterocycles. The normalized spacial score (nSPS) is 27.4. The van der Waals surface area contributed by atoms with Crippen molar-refractivity contribution in [2.24, 2.45) is 35.0 Å². The van der Waals surface area contributed by atoms with Crippen LogP contribution in [0.4, 0.5) is 0 Å². The maximum absolute atomic E-state index is 13.8. The van der Waals surface area contributed by atoms with E-state index >= 15 is 0 Å². The molecule has 0 spiro atoms. The van der Waals surface area contributed by atoms with Gasteiger partial charge in [0.1, 0.15) is 22.2 Å². The summed E-state index contributed by atoms with van der Waals surface area (Å²) in [5.74, 6) is -2.38. The van der Waals surface area contributed by atoms with Gasteiger partial charge in [0.2, 0.25) is 23.6 Å². The molecule has 3 aliphatic rings. The Hall–Kier alpha value is -1.25. The number of hydrogen-bond acceptors (Lipinski definition) is 8. The standard InChI is InChI=1S/C26H44N4O8S.Na/c1-13(2)9-17(28-19(31)10-14(3)4)24(34)30-12-16-20(26(16,5)6)21(30)23(33)29-18(25(35)39(36,37)38)11-15-7-8-27-22(15)32;/h13-18,20-21,25,35H,7-12H2,1-6H3,(H,27,32)(H,28,31)(H,29,33)(H,36,37,38);/q;+1/p-1/t15-,16-,17-,18-,20-,21-,25?;/m0./s1. The van der Waals surface area contributed by atoms with Gasteiger partial charge in [-0.15, -0.1) is 0 Å². The summed E-state index contributed by atoms with van der Waals surface area (Å²) in [6.07, 6.45) is 0.760. The van der Waals surface area contributed by atoms with Gasteiger partial charge in [0.15, 0.2) is 5.44 Å². The number of aliphatic hydroxyl groups is 1. The minimum absolute atomic E-state index is 0. The van der Waals surface area contributed by atoms with Gasteiger partial charge >= 0.3 is 29.6 Å². The van der Waals surface area contributed by atoms with Gasteiger partial charge < -0.3 is 30.5 Å². The Labute approximate surface area is 259 Å². The van der Waals surface area contributed by atoms with E-state index in [2.05, 4.69) is 16.0 Å². The number of amides is 4. The van der Waals surface area contributed by atoms with E-state index in [0.29, 0.717) is 25.9 Å². The van der Waals surface area contributed by atoms with Crippen LogP contribution in [0, 0.1) is 35.0 Å². The van der Waals surface area contributed by atoms with Crippen molar-refractivity contribution in [3.05, 3.63) is 0 Å². The quantitative estimate of drug-likeness (QED) is 0.135. The molecule has 3 rings (SSSR count). The molecule has 1 saturated carbocycles. The zero-order chi connectivity index (χ0) is 29.4. The fraction of sp³-hybridized carbons (Fsp3) is 0.846. The molecule has 0 aromatic rings. The van der Waals surface area contributed by atoms with Crippen molar-refractivity contribution in [1.29, 1.82) is 0 Å². The predicted octanol–water partition coefficient (Wildman–Crippen LogP) is -3.07. The zero-order valence-electron chi connectivity index (χ0n) is 24.6. The van der Waals surface area contributed by atoms with Gasteiger partial charge in [-0.2, -0.15) is 0 Å². The van der Waals surface area contributed by atoms with E-state index in [1.165, 1.54) is 4.90 Å². The number of likely N-dealkylation sites (tertiary alicyclic amines) is 1. The van der Waals surface area contributed by atoms with Gasteiger partial charge in [-0.05, 0) is 48.3 Å². The third kappa shape index (κ3) is 7.97. The molecule has 3 fully saturated rings. The van der Waals surface area contributed by atoms with Crippen molar-refractivity contribution in [1.82, 2.24) is 20.9 Å². The number of hydrogen-bond donors (Lipinski definition) is 4. The van der Waals surface area contributed by atoms with Gasteiger partial charge in [0.25, 0.3) is 0 Å². The van der Waals surface area contributed by atoms with E-state index < -0.39 is 51.4 Å². The van der Waals surface area contributed by atoms with E-state index in [1.807, 2.05) is 41.5 Å². The van der Waals surface area contributed by atoms with Crippen LogP contribution in [-0.4, -0.2) is 83.3 Å². The number of aliphatic hydroxyl groups excluding tert-OH is 1. The first-order valence-corrected chi connectivity index (χ1v) is 15.2. The van der Waals surface area contributed by atoms with Crippen LogP contribution < -0.4 is 45.5 Å². The van der Waals surface area contributed by atoms with Crippen LogP contribution in [-0.2, 0) is 29.3 Å². The first-order valence-electron chi connectivity index (χ1n) is 13.8. The second-order valence-corrected chi connectivity index (χ2v) is 14.2. The van der Waals surface area contributed by atoms with Crippen LogP contribution in [0.15, 0.2) is 0 Å². The first kappa shape index (κ1) is 34.9. The first-order chi connectivity index (χ1) is 17.9. The number of carbonyl (C=O) groups is 4. The molecule has 12 nitrogen and oxygen atoms in total. The number of nitrogens with one attached hydrogen (secondary N) is 3. The van der Waals surface area contributed by atoms with Crippen LogP contribution in [0.25, 0.3) is 0 Å². The average Bonchev–Trinajstić information content (AvgIpc) is 3.15. The molecular weight excluding hydrogens is 551 g/mol. The molecule has 7 atom stereocenters. The van der Waals surface area contributed by atoms with E-state index in [0.717, 1.165) is 0 Å². The summed E-state index contributed by atoms with van der Waals surface area (Å²) < 4.78 is 35.1. The minimum Gasteiger partial charge on any atom is -0.746 e. The fourth-order valence-electron chi connectivity index (χ4n) is 6.22. The number of nitrogens with zero attached hydrogens (tertiary/aromatic N) is 1. The van der Waals surface area contributed by atoms with E-state index in [1.54, 1.807) is 0 Å². The molecule has 2 aliphatic heterocycles. The van der Waals surface area contributed by atoms with Crippen molar-refractivity contribution in [2.75, 3.05) is 13.1 Å². The predicted molar refractivity (Wildman–Crippen MR) is 140 cm³/mol. The fourth-order valence-corrected chi connectivity index (χ4v) is 6.80. The molecule has 1 aliphatic carbocycles. The zero-order valence-corrected chi connectivity index (χ0v) is 27.4. The van der Waals surface area contributed by atoms with Crippen LogP contribution in [0.5, 0.6) is 0 Å². The Morgan fingerprint density at radius 3 is 2.27 bits per heavy atom. The minimum atomic E-state index is -5.21. The van der Waals surface area contributed by atoms with E-state index in [9.17, 15) is 37.3 Å². The van der Waals surface area contributed by atoms with Crippen molar-refractivity contribution in [3.8, 4) is 0 Å². The smallest absolute Gasteiger partial charge is 0.746 e. The van der Waals surface area contributed by atoms with Crippen molar-refractivity contribution < 1.29 is 66.8 Å². The summed E-state index contributed by atoms with van der Waals surface area (Å²) in [5, 5.41) is 18.3. The second kappa shape index (κ2) is 13.4. The second-order valence-electron chi connectivity index (χ2n) is 12.7. The largest absolute Gasteiger partial charge is 1.00 e. The van der Waals surface area contributed by atoms with Crippen LogP contribution in [0.2, 0.25) is 0 Å². The summed E-state index contributed by atoms with van der Waals surface area (Å²) in [4.78, 5) is 53.6. The maximum atomic E-state index is 13.8. The monoisotopic (exact) mass is 594 g/mol. The van der Waals surface area contributed by atoms with Crippen LogP contribution >= 0.6 is 0 Å². The van der Waals surface area contributed by atoms with Gasteiger partial charge in [-0.3, -0.25) is 19.2 Å². The molecule has 14 heteroatoms. The third-order valence-corrected chi connectivity index (χ3v) is 9.28. The summed E-state index contributed by atoms with van der Waals surface area (Å²) in [6.45, 7) is 12.3. The van der Waals surface area contributed by atoms with Crippen molar-refractivity contribution in [2.45, 2.75) is 90.8 Å². The number of carbonyl (C=O) groups excluding carboxylic acids is 4. The average molecular weight is 595 g/mol. The van der Waals surface area contributed by atoms with E-state index in [-0.39, 0.29) is 83.3 Å². The summed E-state index contributed by atoms with van der Waals surface area (Å²) >= 11 is 0. The molecule has 1 unspecified atom stereocenters. The van der Waals surface area contributed by atoms with Gasteiger partial charge in [-0.1, -0.05) is 41.5 Å². The third-order valence-electron chi connectivity index (χ3n) is 8.36. The van der Waals surface area contributed by atoms with Gasteiger partial charge in [0.05, 0.1) is 6.04 Å². The SMILES string of the molecule is CC(C)CC(=O)N[C@@H](CC(C)C)C(=O)N1C[C@H]2[C@@H]([C@H]1C(=O)N[C@@H](C[C@@H]1CCNC1=O)C(O)S(=O)(=O)[O-])C2(C)C.[Na+]. The van der Waals surface area contributed by atoms with Crippen LogP contribution in [0.3, 0.4) is 0 Å². The van der Waals surface area contributed by atoms with Gasteiger partial charge in [0, 0.05) is 25.4 Å². The Morgan fingerprint density at radius 1 is 1.15 bits per heavy atom. The van der Waals surface area contributed by atoms with E-state index in [4.69, 9.17) is 0 Å². The molecule has 0 aromatic carbocycles. The molecule has 4 amide bonds. The molecule has 40 heavy (non-hydrogen) atoms. The topological polar surface area (TPSA) is 185 Å². The molecule has 4 N–H and O–H groups in total. The van der Waals surface area contributed by atoms with Crippen molar-refractivity contribution in [3.63, 3.8) is 0 Å².